The Hall–Kier alpha value is -1.10. The molecule has 5 nitrogen and oxygen atoms in total. The van der Waals surface area contributed by atoms with E-state index in [0.717, 1.165) is 45.6 Å². The maximum absolute atomic E-state index is 12.6. The van der Waals surface area contributed by atoms with Crippen molar-refractivity contribution in [3.05, 3.63) is 0 Å². The van der Waals surface area contributed by atoms with Gasteiger partial charge in [0.25, 0.3) is 0 Å². The fourth-order valence-electron chi connectivity index (χ4n) is 3.23. The number of nitrogens with one attached hydrogen (secondary N) is 1. The molecule has 2 fully saturated rings. The highest BCUT2D eigenvalue weighted by Gasteiger charge is 2.33. The number of carbonyl (C=O) groups is 2. The first kappa shape index (κ1) is 17.3. The summed E-state index contributed by atoms with van der Waals surface area (Å²) in [6.07, 6.45) is 2.60. The lowest BCUT2D eigenvalue weighted by Gasteiger charge is -2.41. The van der Waals surface area contributed by atoms with Gasteiger partial charge in [0.05, 0.1) is 0 Å². The van der Waals surface area contributed by atoms with Gasteiger partial charge in [-0.25, -0.2) is 0 Å². The summed E-state index contributed by atoms with van der Waals surface area (Å²) < 4.78 is 0. The molecule has 0 aromatic carbocycles. The second-order valence-corrected chi connectivity index (χ2v) is 7.78. The molecular weight excluding hydrogens is 278 g/mol. The van der Waals surface area contributed by atoms with Gasteiger partial charge in [-0.15, -0.1) is 0 Å². The molecule has 2 aliphatic heterocycles. The molecule has 2 amide bonds. The van der Waals surface area contributed by atoms with Crippen LogP contribution in [-0.2, 0) is 9.59 Å². The largest absolute Gasteiger partial charge is 0.356 e. The van der Waals surface area contributed by atoms with E-state index in [4.69, 9.17) is 0 Å². The number of hydrogen-bond donors (Lipinski definition) is 1. The molecule has 126 valence electrons. The molecule has 0 aromatic rings. The van der Waals surface area contributed by atoms with E-state index in [9.17, 15) is 9.59 Å². The minimum Gasteiger partial charge on any atom is -0.356 e. The number of piperazine rings is 1. The van der Waals surface area contributed by atoms with Gasteiger partial charge < -0.3 is 10.2 Å². The minimum atomic E-state index is 0.0154. The molecule has 0 aromatic heterocycles. The van der Waals surface area contributed by atoms with E-state index in [0.29, 0.717) is 12.5 Å². The Bertz CT molecular complexity index is 409. The highest BCUT2D eigenvalue weighted by atomic mass is 16.2. The topological polar surface area (TPSA) is 52.7 Å². The summed E-state index contributed by atoms with van der Waals surface area (Å²) in [5, 5.41) is 2.94. The maximum Gasteiger partial charge on any atom is 0.226 e. The lowest BCUT2D eigenvalue weighted by Crippen LogP contribution is -2.54. The van der Waals surface area contributed by atoms with E-state index in [1.54, 1.807) is 0 Å². The Morgan fingerprint density at radius 2 is 1.82 bits per heavy atom. The van der Waals surface area contributed by atoms with Crippen LogP contribution >= 0.6 is 0 Å². The van der Waals surface area contributed by atoms with Crippen LogP contribution in [0.2, 0.25) is 0 Å². The SMILES string of the molecule is CC(C(=O)N1CCN(C2CCNC(=O)CC2)CC1)C(C)(C)C. The zero-order chi connectivity index (χ0) is 16.3. The molecule has 22 heavy (non-hydrogen) atoms. The highest BCUT2D eigenvalue weighted by molar-refractivity contribution is 5.79. The van der Waals surface area contributed by atoms with Crippen molar-refractivity contribution < 1.29 is 9.59 Å². The second kappa shape index (κ2) is 6.99. The molecular formula is C17H31N3O2. The number of amides is 2. The number of carbonyl (C=O) groups excluding carboxylic acids is 2. The van der Waals surface area contributed by atoms with Crippen molar-refractivity contribution in [3.8, 4) is 0 Å². The van der Waals surface area contributed by atoms with Gasteiger partial charge in [-0.1, -0.05) is 27.7 Å². The lowest BCUT2D eigenvalue weighted by atomic mass is 9.81. The first-order valence-electron chi connectivity index (χ1n) is 8.58. The van der Waals surface area contributed by atoms with E-state index >= 15 is 0 Å². The van der Waals surface area contributed by atoms with E-state index in [2.05, 4.69) is 31.0 Å². The van der Waals surface area contributed by atoms with Crippen molar-refractivity contribution in [1.82, 2.24) is 15.1 Å². The Kier molecular flexibility index (Phi) is 5.48. The Morgan fingerprint density at radius 1 is 1.18 bits per heavy atom. The molecule has 2 heterocycles. The maximum atomic E-state index is 12.6. The third-order valence-corrected chi connectivity index (χ3v) is 5.32. The molecule has 2 saturated heterocycles. The van der Waals surface area contributed by atoms with Crippen LogP contribution in [0.1, 0.15) is 47.0 Å². The lowest BCUT2D eigenvalue weighted by molar-refractivity contribution is -0.140. The summed E-state index contributed by atoms with van der Waals surface area (Å²) in [6, 6.07) is 0.483. The molecule has 0 aliphatic carbocycles. The van der Waals surface area contributed by atoms with Crippen LogP contribution in [0.5, 0.6) is 0 Å². The molecule has 1 N–H and O–H groups in total. The Morgan fingerprint density at radius 3 is 2.41 bits per heavy atom. The molecule has 0 radical (unpaired) electrons. The van der Waals surface area contributed by atoms with Gasteiger partial charge in [-0.3, -0.25) is 14.5 Å². The number of nitrogens with zero attached hydrogens (tertiary/aromatic N) is 2. The van der Waals surface area contributed by atoms with Gasteiger partial charge in [-0.05, 0) is 18.3 Å². The van der Waals surface area contributed by atoms with Crippen LogP contribution in [0, 0.1) is 11.3 Å². The molecule has 0 bridgehead atoms. The zero-order valence-corrected chi connectivity index (χ0v) is 14.5. The summed E-state index contributed by atoms with van der Waals surface area (Å²) in [4.78, 5) is 28.5. The fourth-order valence-corrected chi connectivity index (χ4v) is 3.23. The Labute approximate surface area is 134 Å². The van der Waals surface area contributed by atoms with E-state index in [1.165, 1.54) is 0 Å². The van der Waals surface area contributed by atoms with Crippen LogP contribution in [0.15, 0.2) is 0 Å². The summed E-state index contributed by atoms with van der Waals surface area (Å²) in [5.41, 5.74) is 0.0154. The third kappa shape index (κ3) is 4.22. The average Bonchev–Trinajstić information content (AvgIpc) is 2.70. The van der Waals surface area contributed by atoms with Crippen LogP contribution in [0.25, 0.3) is 0 Å². The molecule has 5 heteroatoms. The van der Waals surface area contributed by atoms with Crippen LogP contribution in [0.4, 0.5) is 0 Å². The zero-order valence-electron chi connectivity index (χ0n) is 14.5. The van der Waals surface area contributed by atoms with E-state index in [1.807, 2.05) is 11.8 Å². The van der Waals surface area contributed by atoms with E-state index < -0.39 is 0 Å². The molecule has 0 spiro atoms. The normalized spacial score (nSPS) is 26.3. The van der Waals surface area contributed by atoms with Crippen molar-refractivity contribution in [2.24, 2.45) is 11.3 Å². The van der Waals surface area contributed by atoms with Crippen LogP contribution in [-0.4, -0.2) is 60.4 Å². The smallest absolute Gasteiger partial charge is 0.226 e. The van der Waals surface area contributed by atoms with Gasteiger partial charge in [0.2, 0.25) is 11.8 Å². The number of rotatable bonds is 2. The molecule has 2 rings (SSSR count). The van der Waals surface area contributed by atoms with Crippen molar-refractivity contribution in [2.45, 2.75) is 53.0 Å². The second-order valence-electron chi connectivity index (χ2n) is 7.78. The van der Waals surface area contributed by atoms with Gasteiger partial charge in [0.15, 0.2) is 0 Å². The molecule has 2 unspecified atom stereocenters. The van der Waals surface area contributed by atoms with Gasteiger partial charge in [0.1, 0.15) is 0 Å². The highest BCUT2D eigenvalue weighted by Crippen LogP contribution is 2.27. The van der Waals surface area contributed by atoms with Gasteiger partial charge >= 0.3 is 0 Å². The predicted molar refractivity (Wildman–Crippen MR) is 87.4 cm³/mol. The summed E-state index contributed by atoms with van der Waals surface area (Å²) >= 11 is 0. The molecule has 2 aliphatic rings. The standard InChI is InChI=1S/C17H31N3O2/c1-13(17(2,3)4)16(22)20-11-9-19(10-12-20)14-5-6-15(21)18-8-7-14/h13-14H,5-12H2,1-4H3,(H,18,21). The average molecular weight is 309 g/mol. The van der Waals surface area contributed by atoms with Crippen molar-refractivity contribution in [1.29, 1.82) is 0 Å². The first-order valence-corrected chi connectivity index (χ1v) is 8.58. The van der Waals surface area contributed by atoms with Crippen LogP contribution < -0.4 is 5.32 Å². The molecule has 0 saturated carbocycles. The van der Waals surface area contributed by atoms with Crippen molar-refractivity contribution >= 4 is 11.8 Å². The van der Waals surface area contributed by atoms with Gasteiger partial charge in [0, 0.05) is 51.1 Å². The van der Waals surface area contributed by atoms with Crippen molar-refractivity contribution in [2.75, 3.05) is 32.7 Å². The third-order valence-electron chi connectivity index (χ3n) is 5.32. The minimum absolute atomic E-state index is 0.0154. The quantitative estimate of drug-likeness (QED) is 0.841. The summed E-state index contributed by atoms with van der Waals surface area (Å²) in [6.45, 7) is 12.7. The monoisotopic (exact) mass is 309 g/mol. The first-order chi connectivity index (χ1) is 10.3. The summed E-state index contributed by atoms with van der Waals surface area (Å²) in [5.74, 6) is 0.513. The van der Waals surface area contributed by atoms with Crippen LogP contribution in [0.3, 0.4) is 0 Å². The fraction of sp³-hybridized carbons (Fsp3) is 0.882. The predicted octanol–water partition coefficient (Wildman–Crippen LogP) is 1.48. The summed E-state index contributed by atoms with van der Waals surface area (Å²) in [7, 11) is 0. The van der Waals surface area contributed by atoms with Crippen molar-refractivity contribution in [3.63, 3.8) is 0 Å². The van der Waals surface area contributed by atoms with Gasteiger partial charge in [-0.2, -0.15) is 0 Å². The Balaban J connectivity index is 1.85. The molecule has 2 atom stereocenters. The number of hydrogen-bond acceptors (Lipinski definition) is 3. The van der Waals surface area contributed by atoms with E-state index in [-0.39, 0.29) is 23.1 Å².